The highest BCUT2D eigenvalue weighted by atomic mass is 16.5. The number of hydrogen-bond acceptors (Lipinski definition) is 7. The fourth-order valence-electron chi connectivity index (χ4n) is 3.08. The van der Waals surface area contributed by atoms with Gasteiger partial charge in [-0.15, -0.1) is 0 Å². The van der Waals surface area contributed by atoms with Gasteiger partial charge in [0.05, 0.1) is 21.3 Å². The summed E-state index contributed by atoms with van der Waals surface area (Å²) in [5.74, 6) is 2.31. The van der Waals surface area contributed by atoms with Crippen molar-refractivity contribution in [2.45, 2.75) is 53.5 Å². The first-order chi connectivity index (χ1) is 14.1. The van der Waals surface area contributed by atoms with Crippen LogP contribution in [0.2, 0.25) is 0 Å². The Balaban J connectivity index is 2.37. The first kappa shape index (κ1) is 23.5. The fourth-order valence-corrected chi connectivity index (χ4v) is 3.08. The van der Waals surface area contributed by atoms with Gasteiger partial charge in [0.1, 0.15) is 6.04 Å². The minimum absolute atomic E-state index is 0.0414. The lowest BCUT2D eigenvalue weighted by atomic mass is 9.91. The highest BCUT2D eigenvalue weighted by Crippen LogP contribution is 2.40. The topological polar surface area (TPSA) is 95.7 Å². The molecule has 0 aliphatic heterocycles. The van der Waals surface area contributed by atoms with Crippen molar-refractivity contribution < 1.29 is 23.5 Å². The monoisotopic (exact) mass is 419 g/mol. The van der Waals surface area contributed by atoms with E-state index in [1.807, 2.05) is 27.7 Å². The summed E-state index contributed by atoms with van der Waals surface area (Å²) in [7, 11) is 4.64. The van der Waals surface area contributed by atoms with Crippen LogP contribution in [-0.2, 0) is 4.79 Å². The van der Waals surface area contributed by atoms with Crippen molar-refractivity contribution in [1.29, 1.82) is 0 Å². The highest BCUT2D eigenvalue weighted by Gasteiger charge is 2.28. The second-order valence-corrected chi connectivity index (χ2v) is 8.54. The molecule has 1 amide bonds. The van der Waals surface area contributed by atoms with Crippen LogP contribution in [0.4, 0.5) is 0 Å². The van der Waals surface area contributed by atoms with Gasteiger partial charge in [-0.1, -0.05) is 46.2 Å². The lowest BCUT2D eigenvalue weighted by Gasteiger charge is -2.23. The second kappa shape index (κ2) is 9.82. The number of ether oxygens (including phenoxy) is 3. The molecular weight excluding hydrogens is 386 g/mol. The van der Waals surface area contributed by atoms with Gasteiger partial charge >= 0.3 is 0 Å². The molecule has 1 heterocycles. The smallest absolute Gasteiger partial charge is 0.249 e. The lowest BCUT2D eigenvalue weighted by molar-refractivity contribution is -0.124. The van der Waals surface area contributed by atoms with E-state index >= 15 is 0 Å². The maximum atomic E-state index is 12.5. The zero-order valence-corrected chi connectivity index (χ0v) is 19.2. The third-order valence-corrected chi connectivity index (χ3v) is 4.85. The summed E-state index contributed by atoms with van der Waals surface area (Å²) in [4.78, 5) is 17.1. The summed E-state index contributed by atoms with van der Waals surface area (Å²) in [6.07, 6.45) is 1.26. The maximum absolute atomic E-state index is 12.5. The predicted molar refractivity (Wildman–Crippen MR) is 114 cm³/mol. The second-order valence-electron chi connectivity index (χ2n) is 8.54. The molecule has 1 aromatic heterocycles. The molecule has 0 aliphatic carbocycles. The van der Waals surface area contributed by atoms with E-state index in [-0.39, 0.29) is 23.3 Å². The Hall–Kier alpha value is -2.77. The molecule has 1 aromatic carbocycles. The molecule has 2 rings (SSSR count). The molecule has 0 radical (unpaired) electrons. The van der Waals surface area contributed by atoms with Crippen LogP contribution >= 0.6 is 0 Å². The van der Waals surface area contributed by atoms with E-state index in [9.17, 15) is 4.79 Å². The van der Waals surface area contributed by atoms with Gasteiger partial charge in [-0.3, -0.25) is 4.79 Å². The molecular formula is C22H33N3O5. The Morgan fingerprint density at radius 2 is 1.73 bits per heavy atom. The standard InChI is InChI=1S/C22H33N3O5/c1-9-13(2)18(23-17(26)12-22(3,4)5)21-24-20(25-30-21)14-10-15(27-6)19(29-8)16(11-14)28-7/h10-11,13,18H,9,12H2,1-8H3,(H,23,26)/t13-,18-/m1/s1. The van der Waals surface area contributed by atoms with Crippen molar-refractivity contribution in [3.05, 3.63) is 18.0 Å². The highest BCUT2D eigenvalue weighted by molar-refractivity contribution is 5.77. The number of aromatic nitrogens is 2. The first-order valence-corrected chi connectivity index (χ1v) is 10.1. The molecule has 0 bridgehead atoms. The molecule has 0 spiro atoms. The fraction of sp³-hybridized carbons (Fsp3) is 0.591. The van der Waals surface area contributed by atoms with Gasteiger partial charge in [-0.2, -0.15) is 4.98 Å². The number of carbonyl (C=O) groups excluding carboxylic acids is 1. The normalized spacial score (nSPS) is 13.5. The molecule has 8 heteroatoms. The third-order valence-electron chi connectivity index (χ3n) is 4.85. The van der Waals surface area contributed by atoms with E-state index in [2.05, 4.69) is 22.4 Å². The van der Waals surface area contributed by atoms with Gasteiger partial charge in [0.2, 0.25) is 23.4 Å². The zero-order valence-electron chi connectivity index (χ0n) is 19.2. The summed E-state index contributed by atoms with van der Waals surface area (Å²) >= 11 is 0. The van der Waals surface area contributed by atoms with Crippen LogP contribution in [0, 0.1) is 11.3 Å². The van der Waals surface area contributed by atoms with Crippen LogP contribution in [0.25, 0.3) is 11.4 Å². The third kappa shape index (κ3) is 5.64. The molecule has 0 saturated heterocycles. The van der Waals surface area contributed by atoms with Crippen molar-refractivity contribution >= 4 is 5.91 Å². The molecule has 1 N–H and O–H groups in total. The number of methoxy groups -OCH3 is 3. The summed E-state index contributed by atoms with van der Waals surface area (Å²) < 4.78 is 21.7. The minimum atomic E-state index is -0.367. The van der Waals surface area contributed by atoms with Gasteiger partial charge in [-0.25, -0.2) is 0 Å². The Kier molecular flexibility index (Phi) is 7.70. The molecule has 0 fully saturated rings. The van der Waals surface area contributed by atoms with Crippen LogP contribution in [-0.4, -0.2) is 37.4 Å². The van der Waals surface area contributed by atoms with Crippen LogP contribution in [0.5, 0.6) is 17.2 Å². The Morgan fingerprint density at radius 3 is 2.20 bits per heavy atom. The molecule has 0 aliphatic rings. The van der Waals surface area contributed by atoms with Gasteiger partial charge in [0.15, 0.2) is 11.5 Å². The number of nitrogens with one attached hydrogen (secondary N) is 1. The van der Waals surface area contributed by atoms with Crippen molar-refractivity contribution in [3.8, 4) is 28.6 Å². The Morgan fingerprint density at radius 1 is 1.13 bits per heavy atom. The number of carbonyl (C=O) groups is 1. The van der Waals surface area contributed by atoms with E-state index < -0.39 is 0 Å². The van der Waals surface area contributed by atoms with Crippen LogP contribution < -0.4 is 19.5 Å². The number of hydrogen-bond donors (Lipinski definition) is 1. The Bertz CT molecular complexity index is 832. The largest absolute Gasteiger partial charge is 0.493 e. The van der Waals surface area contributed by atoms with Crippen LogP contribution in [0.15, 0.2) is 16.7 Å². The number of rotatable bonds is 9. The average molecular weight is 420 g/mol. The Labute approximate surface area is 178 Å². The van der Waals surface area contributed by atoms with Crippen molar-refractivity contribution in [1.82, 2.24) is 15.5 Å². The molecule has 2 aromatic rings. The summed E-state index contributed by atoms with van der Waals surface area (Å²) in [5.41, 5.74) is 0.545. The van der Waals surface area contributed by atoms with E-state index in [1.165, 1.54) is 0 Å². The quantitative estimate of drug-likeness (QED) is 0.643. The van der Waals surface area contributed by atoms with E-state index in [4.69, 9.17) is 18.7 Å². The average Bonchev–Trinajstić information content (AvgIpc) is 3.18. The first-order valence-electron chi connectivity index (χ1n) is 10.1. The van der Waals surface area contributed by atoms with Gasteiger partial charge in [0, 0.05) is 12.0 Å². The maximum Gasteiger partial charge on any atom is 0.249 e. The van der Waals surface area contributed by atoms with Crippen molar-refractivity contribution in [2.24, 2.45) is 11.3 Å². The minimum Gasteiger partial charge on any atom is -0.493 e. The summed E-state index contributed by atoms with van der Waals surface area (Å²) in [5, 5.41) is 7.19. The molecule has 166 valence electrons. The van der Waals surface area contributed by atoms with Gasteiger partial charge in [0.25, 0.3) is 0 Å². The number of amides is 1. The van der Waals surface area contributed by atoms with E-state index in [0.717, 1.165) is 6.42 Å². The van der Waals surface area contributed by atoms with E-state index in [0.29, 0.717) is 40.9 Å². The molecule has 2 atom stereocenters. The van der Waals surface area contributed by atoms with E-state index in [1.54, 1.807) is 33.5 Å². The van der Waals surface area contributed by atoms with Gasteiger partial charge in [-0.05, 0) is 23.5 Å². The van der Waals surface area contributed by atoms with Crippen molar-refractivity contribution in [2.75, 3.05) is 21.3 Å². The van der Waals surface area contributed by atoms with Crippen molar-refractivity contribution in [3.63, 3.8) is 0 Å². The molecule has 0 unspecified atom stereocenters. The zero-order chi connectivity index (χ0) is 22.5. The van der Waals surface area contributed by atoms with Crippen LogP contribution in [0.3, 0.4) is 0 Å². The number of benzene rings is 1. The number of nitrogens with zero attached hydrogens (tertiary/aromatic N) is 2. The molecule has 30 heavy (non-hydrogen) atoms. The molecule has 8 nitrogen and oxygen atoms in total. The summed E-state index contributed by atoms with van der Waals surface area (Å²) in [6.45, 7) is 10.2. The predicted octanol–water partition coefficient (Wildman–Crippen LogP) is 4.40. The molecule has 0 saturated carbocycles. The summed E-state index contributed by atoms with van der Waals surface area (Å²) in [6, 6.07) is 3.15. The van der Waals surface area contributed by atoms with Crippen LogP contribution in [0.1, 0.15) is 59.4 Å². The SMILES string of the molecule is CC[C@@H](C)[C@@H](NC(=O)CC(C)(C)C)c1nc(-c2cc(OC)c(OC)c(OC)c2)no1. The van der Waals surface area contributed by atoms with Gasteiger partial charge < -0.3 is 24.1 Å². The lowest BCUT2D eigenvalue weighted by Crippen LogP contribution is -2.34.